The summed E-state index contributed by atoms with van der Waals surface area (Å²) in [5.41, 5.74) is 1.28. The molecule has 2 heteroatoms. The third-order valence-corrected chi connectivity index (χ3v) is 2.37. The zero-order valence-electron chi connectivity index (χ0n) is 7.83. The Hall–Kier alpha value is -0.530. The van der Waals surface area contributed by atoms with Gasteiger partial charge >= 0.3 is 0 Å². The van der Waals surface area contributed by atoms with Crippen LogP contribution in [0.1, 0.15) is 18.9 Å². The van der Waals surface area contributed by atoms with Crippen molar-refractivity contribution in [2.75, 3.05) is 6.61 Å². The van der Waals surface area contributed by atoms with Crippen molar-refractivity contribution in [2.45, 2.75) is 19.8 Å². The van der Waals surface area contributed by atoms with Crippen LogP contribution in [0.3, 0.4) is 0 Å². The summed E-state index contributed by atoms with van der Waals surface area (Å²) in [4.78, 5) is 0. The first-order valence-electron chi connectivity index (χ1n) is 4.57. The van der Waals surface area contributed by atoms with E-state index in [1.165, 1.54) is 5.56 Å². The molecule has 1 atom stereocenters. The molecule has 0 spiro atoms. The fraction of sp³-hybridized carbons (Fsp3) is 0.455. The highest BCUT2D eigenvalue weighted by atomic mass is 35.5. The molecule has 13 heavy (non-hydrogen) atoms. The molecule has 1 N–H and O–H groups in total. The summed E-state index contributed by atoms with van der Waals surface area (Å²) < 4.78 is 0. The van der Waals surface area contributed by atoms with E-state index < -0.39 is 0 Å². The topological polar surface area (TPSA) is 20.2 Å². The molecule has 0 radical (unpaired) electrons. The number of aliphatic hydroxyl groups excluding tert-OH is 1. The van der Waals surface area contributed by atoms with Gasteiger partial charge in [0.15, 0.2) is 0 Å². The molecule has 1 nitrogen and oxygen atoms in total. The Balaban J connectivity index is 2.49. The quantitative estimate of drug-likeness (QED) is 0.789. The van der Waals surface area contributed by atoms with Crippen LogP contribution < -0.4 is 0 Å². The molecule has 72 valence electrons. The smallest absolute Gasteiger partial charge is 0.0433 e. The van der Waals surface area contributed by atoms with Crippen molar-refractivity contribution in [1.29, 1.82) is 0 Å². The van der Waals surface area contributed by atoms with Crippen molar-refractivity contribution in [2.24, 2.45) is 5.92 Å². The lowest BCUT2D eigenvalue weighted by Crippen LogP contribution is -2.01. The molecule has 0 amide bonds. The van der Waals surface area contributed by atoms with Crippen LogP contribution in [0.4, 0.5) is 0 Å². The van der Waals surface area contributed by atoms with Gasteiger partial charge in [0.2, 0.25) is 0 Å². The normalized spacial score (nSPS) is 12.8. The van der Waals surface area contributed by atoms with E-state index in [2.05, 4.69) is 6.92 Å². The molecule has 0 saturated carbocycles. The lowest BCUT2D eigenvalue weighted by Gasteiger charge is -2.09. The third-order valence-electron chi connectivity index (χ3n) is 2.12. The highest BCUT2D eigenvalue weighted by molar-refractivity contribution is 6.30. The highest BCUT2D eigenvalue weighted by Gasteiger charge is 2.02. The van der Waals surface area contributed by atoms with Crippen LogP contribution >= 0.6 is 11.6 Å². The molecule has 1 rings (SSSR count). The van der Waals surface area contributed by atoms with Gasteiger partial charge in [-0.1, -0.05) is 30.7 Å². The fourth-order valence-electron chi connectivity index (χ4n) is 1.35. The summed E-state index contributed by atoms with van der Waals surface area (Å²) in [5.74, 6) is 0.533. The van der Waals surface area contributed by atoms with Crippen LogP contribution in [0.15, 0.2) is 24.3 Å². The minimum absolute atomic E-state index is 0.273. The van der Waals surface area contributed by atoms with Gasteiger partial charge in [-0.3, -0.25) is 0 Å². The fourth-order valence-corrected chi connectivity index (χ4v) is 1.47. The van der Waals surface area contributed by atoms with E-state index in [0.29, 0.717) is 5.92 Å². The van der Waals surface area contributed by atoms with Crippen LogP contribution in [0.2, 0.25) is 5.02 Å². The zero-order valence-corrected chi connectivity index (χ0v) is 8.59. The van der Waals surface area contributed by atoms with Crippen LogP contribution in [0, 0.1) is 5.92 Å². The maximum absolute atomic E-state index is 8.74. The van der Waals surface area contributed by atoms with E-state index in [4.69, 9.17) is 16.7 Å². The molecular formula is C11H15ClO. The molecule has 0 heterocycles. The van der Waals surface area contributed by atoms with Gasteiger partial charge in [0.05, 0.1) is 0 Å². The van der Waals surface area contributed by atoms with Gasteiger partial charge in [0, 0.05) is 11.6 Å². The minimum atomic E-state index is 0.273. The maximum atomic E-state index is 8.74. The van der Waals surface area contributed by atoms with Crippen molar-refractivity contribution >= 4 is 11.6 Å². The van der Waals surface area contributed by atoms with Crippen molar-refractivity contribution in [3.63, 3.8) is 0 Å². The third kappa shape index (κ3) is 3.79. The zero-order chi connectivity index (χ0) is 9.68. The predicted molar refractivity (Wildman–Crippen MR) is 56.0 cm³/mol. The largest absolute Gasteiger partial charge is 0.396 e. The van der Waals surface area contributed by atoms with E-state index >= 15 is 0 Å². The van der Waals surface area contributed by atoms with Crippen LogP contribution in [-0.2, 0) is 6.42 Å². The Morgan fingerprint density at radius 2 is 1.92 bits per heavy atom. The van der Waals surface area contributed by atoms with E-state index in [1.807, 2.05) is 24.3 Å². The first-order chi connectivity index (χ1) is 6.22. The van der Waals surface area contributed by atoms with E-state index in [1.54, 1.807) is 0 Å². The van der Waals surface area contributed by atoms with Gasteiger partial charge in [0.25, 0.3) is 0 Å². The lowest BCUT2D eigenvalue weighted by atomic mass is 9.99. The van der Waals surface area contributed by atoms with Crippen molar-refractivity contribution in [3.8, 4) is 0 Å². The van der Waals surface area contributed by atoms with E-state index in [9.17, 15) is 0 Å². The van der Waals surface area contributed by atoms with Gasteiger partial charge in [-0.2, -0.15) is 0 Å². The lowest BCUT2D eigenvalue weighted by molar-refractivity contribution is 0.262. The molecule has 0 aliphatic carbocycles. The average molecular weight is 199 g/mol. The van der Waals surface area contributed by atoms with Crippen molar-refractivity contribution in [1.82, 2.24) is 0 Å². The van der Waals surface area contributed by atoms with E-state index in [-0.39, 0.29) is 6.61 Å². The molecular weight excluding hydrogens is 184 g/mol. The van der Waals surface area contributed by atoms with Gasteiger partial charge in [-0.15, -0.1) is 0 Å². The Morgan fingerprint density at radius 1 is 1.31 bits per heavy atom. The number of aliphatic hydroxyl groups is 1. The molecule has 0 fully saturated rings. The summed E-state index contributed by atoms with van der Waals surface area (Å²) in [6, 6.07) is 7.89. The average Bonchev–Trinajstić information content (AvgIpc) is 2.09. The first-order valence-corrected chi connectivity index (χ1v) is 4.95. The van der Waals surface area contributed by atoms with Crippen molar-refractivity contribution < 1.29 is 5.11 Å². The van der Waals surface area contributed by atoms with Gasteiger partial charge in [-0.05, 0) is 36.5 Å². The molecule has 0 bridgehead atoms. The summed E-state index contributed by atoms with van der Waals surface area (Å²) in [7, 11) is 0. The summed E-state index contributed by atoms with van der Waals surface area (Å²) >= 11 is 5.77. The monoisotopic (exact) mass is 198 g/mol. The second-order valence-electron chi connectivity index (χ2n) is 3.45. The Labute approximate surface area is 84.4 Å². The molecule has 0 aliphatic heterocycles. The molecule has 1 unspecified atom stereocenters. The predicted octanol–water partition coefficient (Wildman–Crippen LogP) is 2.90. The van der Waals surface area contributed by atoms with Crippen LogP contribution in [0.25, 0.3) is 0 Å². The number of hydrogen-bond donors (Lipinski definition) is 1. The maximum Gasteiger partial charge on any atom is 0.0433 e. The van der Waals surface area contributed by atoms with Gasteiger partial charge in [0.1, 0.15) is 0 Å². The first kappa shape index (κ1) is 10.6. The second-order valence-corrected chi connectivity index (χ2v) is 3.88. The van der Waals surface area contributed by atoms with Gasteiger partial charge < -0.3 is 5.11 Å². The molecule has 0 aromatic heterocycles. The SMILES string of the molecule is CC(CCO)Cc1ccc(Cl)cc1. The highest BCUT2D eigenvalue weighted by Crippen LogP contribution is 2.14. The number of benzene rings is 1. The number of hydrogen-bond acceptors (Lipinski definition) is 1. The molecule has 0 aliphatic rings. The Morgan fingerprint density at radius 3 is 2.46 bits per heavy atom. The molecule has 0 saturated heterocycles. The minimum Gasteiger partial charge on any atom is -0.396 e. The summed E-state index contributed by atoms with van der Waals surface area (Å²) in [5, 5.41) is 9.51. The number of halogens is 1. The van der Waals surface area contributed by atoms with E-state index in [0.717, 1.165) is 17.9 Å². The number of rotatable bonds is 4. The Kier molecular flexibility index (Phi) is 4.26. The van der Waals surface area contributed by atoms with Crippen LogP contribution in [-0.4, -0.2) is 11.7 Å². The second kappa shape index (κ2) is 5.25. The Bertz CT molecular complexity index is 243. The standard InChI is InChI=1S/C11H15ClO/c1-9(6-7-13)8-10-2-4-11(12)5-3-10/h2-5,9,13H,6-8H2,1H3. The summed E-state index contributed by atoms with van der Waals surface area (Å²) in [6.45, 7) is 2.42. The van der Waals surface area contributed by atoms with Crippen LogP contribution in [0.5, 0.6) is 0 Å². The van der Waals surface area contributed by atoms with Crippen molar-refractivity contribution in [3.05, 3.63) is 34.9 Å². The molecule has 1 aromatic carbocycles. The summed E-state index contributed by atoms with van der Waals surface area (Å²) in [6.07, 6.45) is 1.88. The molecule has 1 aromatic rings. The van der Waals surface area contributed by atoms with Gasteiger partial charge in [-0.25, -0.2) is 0 Å².